The van der Waals surface area contributed by atoms with E-state index in [1.165, 1.54) is 0 Å². The summed E-state index contributed by atoms with van der Waals surface area (Å²) in [6.45, 7) is 3.38. The topological polar surface area (TPSA) is 20.3 Å². The molecule has 1 aromatic carbocycles. The van der Waals surface area contributed by atoms with Crippen molar-refractivity contribution in [2.24, 2.45) is 5.92 Å². The van der Waals surface area contributed by atoms with Gasteiger partial charge in [-0.3, -0.25) is 4.79 Å². The van der Waals surface area contributed by atoms with Crippen LogP contribution in [0.3, 0.4) is 0 Å². The molecular formula is C13H14Cl3NO. The van der Waals surface area contributed by atoms with Crippen LogP contribution in [0.25, 0.3) is 0 Å². The summed E-state index contributed by atoms with van der Waals surface area (Å²) in [5.41, 5.74) is 0.462. The summed E-state index contributed by atoms with van der Waals surface area (Å²) in [5, 5.41) is 0.872. The number of halogens is 3. The first-order chi connectivity index (χ1) is 8.50. The number of hydrogen-bond donors (Lipinski definition) is 0. The molecule has 0 bridgehead atoms. The van der Waals surface area contributed by atoms with Gasteiger partial charge in [-0.25, -0.2) is 0 Å². The number of benzene rings is 1. The van der Waals surface area contributed by atoms with Crippen molar-refractivity contribution in [3.63, 3.8) is 0 Å². The summed E-state index contributed by atoms with van der Waals surface area (Å²) in [5.74, 6) is 0.222. The van der Waals surface area contributed by atoms with Crippen LogP contribution in [0.15, 0.2) is 18.2 Å². The van der Waals surface area contributed by atoms with Crippen LogP contribution in [0.4, 0.5) is 0 Å². The van der Waals surface area contributed by atoms with E-state index in [-0.39, 0.29) is 11.3 Å². The quantitative estimate of drug-likeness (QED) is 0.716. The zero-order chi connectivity index (χ0) is 13.3. The minimum absolute atomic E-state index is 0.0714. The summed E-state index contributed by atoms with van der Waals surface area (Å²) < 4.78 is 0. The lowest BCUT2D eigenvalue weighted by Crippen LogP contribution is -2.43. The van der Waals surface area contributed by atoms with E-state index in [9.17, 15) is 4.79 Å². The van der Waals surface area contributed by atoms with Gasteiger partial charge in [0, 0.05) is 18.5 Å². The van der Waals surface area contributed by atoms with Crippen molar-refractivity contribution < 1.29 is 4.79 Å². The molecule has 2 nitrogen and oxygen atoms in total. The van der Waals surface area contributed by atoms with Crippen molar-refractivity contribution in [1.82, 2.24) is 4.90 Å². The number of likely N-dealkylation sites (tertiary alicyclic amines) is 1. The molecule has 0 saturated carbocycles. The summed E-state index contributed by atoms with van der Waals surface area (Å²) in [4.78, 5) is 14.2. The fourth-order valence-electron chi connectivity index (χ4n) is 2.14. The van der Waals surface area contributed by atoms with Gasteiger partial charge in [0.1, 0.15) is 0 Å². The number of amides is 1. The van der Waals surface area contributed by atoms with Crippen molar-refractivity contribution in [2.75, 3.05) is 13.1 Å². The van der Waals surface area contributed by atoms with Crippen LogP contribution in [0, 0.1) is 5.92 Å². The van der Waals surface area contributed by atoms with Crippen LogP contribution in [0.5, 0.6) is 0 Å². The lowest BCUT2D eigenvalue weighted by molar-refractivity contribution is 0.0687. The third-order valence-corrected chi connectivity index (χ3v) is 4.74. The second-order valence-corrected chi connectivity index (χ2v) is 5.98. The molecule has 0 spiro atoms. The Balaban J connectivity index is 2.19. The van der Waals surface area contributed by atoms with Crippen LogP contribution >= 0.6 is 34.8 Å². The van der Waals surface area contributed by atoms with E-state index >= 15 is 0 Å². The standard InChI is InChI=1S/C13H14Cl3NO/c1-8-7-17(6-5-10(8)14)13(18)9-3-2-4-11(15)12(9)16/h2-4,8,10H,5-7H2,1H3. The van der Waals surface area contributed by atoms with E-state index < -0.39 is 0 Å². The Morgan fingerprint density at radius 3 is 2.78 bits per heavy atom. The Bertz CT molecular complexity index is 464. The molecule has 1 amide bonds. The summed E-state index contributed by atoms with van der Waals surface area (Å²) in [7, 11) is 0. The van der Waals surface area contributed by atoms with Gasteiger partial charge in [0.25, 0.3) is 5.91 Å². The molecule has 1 aromatic rings. The SMILES string of the molecule is CC1CN(C(=O)c2cccc(Cl)c2Cl)CCC1Cl. The number of carbonyl (C=O) groups excluding carboxylic acids is 1. The first kappa shape index (κ1) is 14.0. The third kappa shape index (κ3) is 2.76. The first-order valence-electron chi connectivity index (χ1n) is 5.88. The molecule has 2 rings (SSSR count). The molecule has 0 aliphatic carbocycles. The third-order valence-electron chi connectivity index (χ3n) is 3.27. The molecule has 1 fully saturated rings. The van der Waals surface area contributed by atoms with Crippen LogP contribution in [-0.4, -0.2) is 29.3 Å². The minimum atomic E-state index is -0.0714. The van der Waals surface area contributed by atoms with Gasteiger partial charge in [-0.1, -0.05) is 36.2 Å². The minimum Gasteiger partial charge on any atom is -0.338 e. The van der Waals surface area contributed by atoms with Gasteiger partial charge in [0.2, 0.25) is 0 Å². The summed E-state index contributed by atoms with van der Waals surface area (Å²) in [6, 6.07) is 5.11. The van der Waals surface area contributed by atoms with Crippen molar-refractivity contribution in [1.29, 1.82) is 0 Å². The predicted octanol–water partition coefficient (Wildman–Crippen LogP) is 4.08. The molecule has 0 radical (unpaired) electrons. The van der Waals surface area contributed by atoms with Crippen LogP contribution < -0.4 is 0 Å². The highest BCUT2D eigenvalue weighted by atomic mass is 35.5. The molecule has 2 unspecified atom stereocenters. The zero-order valence-corrected chi connectivity index (χ0v) is 12.3. The number of carbonyl (C=O) groups is 1. The number of nitrogens with zero attached hydrogens (tertiary/aromatic N) is 1. The molecule has 0 aromatic heterocycles. The van der Waals surface area contributed by atoms with Crippen LogP contribution in [0.2, 0.25) is 10.0 Å². The average molecular weight is 307 g/mol. The van der Waals surface area contributed by atoms with Gasteiger partial charge in [-0.15, -0.1) is 11.6 Å². The van der Waals surface area contributed by atoms with E-state index in [4.69, 9.17) is 34.8 Å². The monoisotopic (exact) mass is 305 g/mol. The second kappa shape index (κ2) is 5.68. The molecule has 18 heavy (non-hydrogen) atoms. The van der Waals surface area contributed by atoms with Gasteiger partial charge < -0.3 is 4.90 Å². The number of alkyl halides is 1. The largest absolute Gasteiger partial charge is 0.338 e. The Kier molecular flexibility index (Phi) is 4.41. The first-order valence-corrected chi connectivity index (χ1v) is 7.07. The average Bonchev–Trinajstić information content (AvgIpc) is 2.35. The van der Waals surface area contributed by atoms with Gasteiger partial charge in [-0.2, -0.15) is 0 Å². The number of piperidine rings is 1. The molecule has 5 heteroatoms. The highest BCUT2D eigenvalue weighted by molar-refractivity contribution is 6.43. The molecular weight excluding hydrogens is 293 g/mol. The molecule has 1 saturated heterocycles. The highest BCUT2D eigenvalue weighted by Crippen LogP contribution is 2.28. The van der Waals surface area contributed by atoms with E-state index in [0.29, 0.717) is 34.6 Å². The van der Waals surface area contributed by atoms with Gasteiger partial charge >= 0.3 is 0 Å². The van der Waals surface area contributed by atoms with E-state index in [2.05, 4.69) is 6.92 Å². The lowest BCUT2D eigenvalue weighted by atomic mass is 9.99. The Hall–Kier alpha value is -0.440. The molecule has 2 atom stereocenters. The van der Waals surface area contributed by atoms with Crippen molar-refractivity contribution in [3.05, 3.63) is 33.8 Å². The molecule has 98 valence electrons. The van der Waals surface area contributed by atoms with E-state index in [1.54, 1.807) is 23.1 Å². The lowest BCUT2D eigenvalue weighted by Gasteiger charge is -2.34. The Morgan fingerprint density at radius 2 is 2.11 bits per heavy atom. The van der Waals surface area contributed by atoms with Crippen LogP contribution in [0.1, 0.15) is 23.7 Å². The molecule has 1 heterocycles. The Labute approximate surface area is 122 Å². The van der Waals surface area contributed by atoms with E-state index in [0.717, 1.165) is 6.42 Å². The molecule has 0 N–H and O–H groups in total. The van der Waals surface area contributed by atoms with Crippen molar-refractivity contribution in [3.8, 4) is 0 Å². The van der Waals surface area contributed by atoms with Crippen LogP contribution in [-0.2, 0) is 0 Å². The number of hydrogen-bond acceptors (Lipinski definition) is 1. The molecule has 1 aliphatic heterocycles. The fraction of sp³-hybridized carbons (Fsp3) is 0.462. The maximum absolute atomic E-state index is 12.4. The second-order valence-electron chi connectivity index (χ2n) is 4.63. The van der Waals surface area contributed by atoms with Gasteiger partial charge in [0.05, 0.1) is 15.6 Å². The maximum atomic E-state index is 12.4. The maximum Gasteiger partial charge on any atom is 0.255 e. The fourth-order valence-corrected chi connectivity index (χ4v) is 2.70. The zero-order valence-electron chi connectivity index (χ0n) is 10.00. The molecule has 1 aliphatic rings. The van der Waals surface area contributed by atoms with E-state index in [1.807, 2.05) is 0 Å². The normalized spacial score (nSPS) is 24.1. The Morgan fingerprint density at radius 1 is 1.39 bits per heavy atom. The predicted molar refractivity (Wildman–Crippen MR) is 75.8 cm³/mol. The van der Waals surface area contributed by atoms with Gasteiger partial charge in [-0.05, 0) is 24.5 Å². The van der Waals surface area contributed by atoms with Crippen molar-refractivity contribution >= 4 is 40.7 Å². The highest BCUT2D eigenvalue weighted by Gasteiger charge is 2.28. The summed E-state index contributed by atoms with van der Waals surface area (Å²) >= 11 is 18.1. The smallest absolute Gasteiger partial charge is 0.255 e. The summed E-state index contributed by atoms with van der Waals surface area (Å²) in [6.07, 6.45) is 0.812. The van der Waals surface area contributed by atoms with Crippen molar-refractivity contribution in [2.45, 2.75) is 18.7 Å². The number of rotatable bonds is 1. The van der Waals surface area contributed by atoms with Gasteiger partial charge in [0.15, 0.2) is 0 Å².